The van der Waals surface area contributed by atoms with E-state index in [1.54, 1.807) is 79.8 Å². The van der Waals surface area contributed by atoms with E-state index in [2.05, 4.69) is 10.3 Å². The summed E-state index contributed by atoms with van der Waals surface area (Å²) in [6.07, 6.45) is 4.26. The third-order valence-electron chi connectivity index (χ3n) is 6.43. The Kier molecular flexibility index (Phi) is 10.1. The Hall–Kier alpha value is -5.65. The van der Waals surface area contributed by atoms with Crippen molar-refractivity contribution in [1.29, 1.82) is 0 Å². The number of hydrogen-bond donors (Lipinski definition) is 1. The van der Waals surface area contributed by atoms with Crippen LogP contribution in [0.5, 0.6) is 11.5 Å². The maximum absolute atomic E-state index is 13.7. The van der Waals surface area contributed by atoms with Gasteiger partial charge >= 0.3 is 6.03 Å². The number of methoxy groups -OCH3 is 1. The van der Waals surface area contributed by atoms with Crippen LogP contribution in [-0.4, -0.2) is 79.1 Å². The van der Waals surface area contributed by atoms with Crippen LogP contribution in [-0.2, 0) is 14.4 Å². The van der Waals surface area contributed by atoms with Crippen LogP contribution in [0.15, 0.2) is 97.6 Å². The molecule has 1 heterocycles. The lowest BCUT2D eigenvalue weighted by atomic mass is 10.2. The fraction of sp³-hybridized carbons (Fsp3) is 0.194. The van der Waals surface area contributed by atoms with Crippen LogP contribution in [0.3, 0.4) is 0 Å². The molecule has 4 amide bonds. The van der Waals surface area contributed by atoms with Gasteiger partial charge in [-0.2, -0.15) is 0 Å². The minimum Gasteiger partial charge on any atom is -0.495 e. The molecule has 0 atom stereocenters. The van der Waals surface area contributed by atoms with Crippen LogP contribution in [0.25, 0.3) is 0 Å². The summed E-state index contributed by atoms with van der Waals surface area (Å²) in [6, 6.07) is 22.0. The molecular formula is C31H32N6O6. The second kappa shape index (κ2) is 14.3. The summed E-state index contributed by atoms with van der Waals surface area (Å²) in [6.45, 7) is -1.08. The van der Waals surface area contributed by atoms with Gasteiger partial charge in [0.05, 0.1) is 18.5 Å². The minimum atomic E-state index is -0.541. The number of benzene rings is 3. The molecule has 0 fully saturated rings. The van der Waals surface area contributed by atoms with Crippen molar-refractivity contribution >= 4 is 40.8 Å². The lowest BCUT2D eigenvalue weighted by Crippen LogP contribution is -2.47. The quantitative estimate of drug-likeness (QED) is 0.286. The van der Waals surface area contributed by atoms with Gasteiger partial charge in [0.1, 0.15) is 30.9 Å². The molecule has 0 saturated heterocycles. The zero-order valence-corrected chi connectivity index (χ0v) is 24.0. The predicted octanol–water partition coefficient (Wildman–Crippen LogP) is 3.51. The Bertz CT molecular complexity index is 1560. The molecule has 0 aliphatic carbocycles. The van der Waals surface area contributed by atoms with Crippen LogP contribution >= 0.6 is 0 Å². The summed E-state index contributed by atoms with van der Waals surface area (Å²) in [4.78, 5) is 60.4. The van der Waals surface area contributed by atoms with Crippen LogP contribution in [0.4, 0.5) is 21.9 Å². The highest BCUT2D eigenvalue weighted by molar-refractivity contribution is 6.05. The summed E-state index contributed by atoms with van der Waals surface area (Å²) in [5.41, 5.74) is 1.38. The average Bonchev–Trinajstić information content (AvgIpc) is 3.58. The molecule has 1 N–H and O–H groups in total. The second-order valence-electron chi connectivity index (χ2n) is 9.38. The van der Waals surface area contributed by atoms with Crippen LogP contribution in [0.1, 0.15) is 0 Å². The number of para-hydroxylation sites is 5. The van der Waals surface area contributed by atoms with Gasteiger partial charge in [0.2, 0.25) is 11.8 Å². The number of rotatable bonds is 11. The molecule has 0 aliphatic heterocycles. The number of nitrogens with one attached hydrogen (secondary N) is 1. The molecule has 43 heavy (non-hydrogen) atoms. The Morgan fingerprint density at radius 3 is 2.21 bits per heavy atom. The molecule has 12 heteroatoms. The molecule has 4 aromatic rings. The van der Waals surface area contributed by atoms with E-state index in [9.17, 15) is 19.2 Å². The highest BCUT2D eigenvalue weighted by Crippen LogP contribution is 2.29. The normalized spacial score (nSPS) is 10.4. The number of nitrogens with zero attached hydrogens (tertiary/aromatic N) is 5. The Morgan fingerprint density at radius 2 is 1.51 bits per heavy atom. The highest BCUT2D eigenvalue weighted by atomic mass is 16.5. The number of ether oxygens (including phenoxy) is 2. The third kappa shape index (κ3) is 7.76. The second-order valence-corrected chi connectivity index (χ2v) is 9.38. The maximum Gasteiger partial charge on any atom is 0.329 e. The molecule has 4 rings (SSSR count). The summed E-state index contributed by atoms with van der Waals surface area (Å²) >= 11 is 0. The number of likely N-dealkylation sites (N-methyl/N-ethyl adjacent to an activating group) is 2. The van der Waals surface area contributed by atoms with E-state index in [0.29, 0.717) is 17.1 Å². The monoisotopic (exact) mass is 584 g/mol. The fourth-order valence-corrected chi connectivity index (χ4v) is 4.15. The molecule has 1 aromatic heterocycles. The molecule has 0 aliphatic rings. The van der Waals surface area contributed by atoms with Gasteiger partial charge in [-0.3, -0.25) is 23.9 Å². The SMILES string of the molecule is COc1ccccc1NC(=O)COc1ccccc1N(CC(=O)N(C)c1ccccc1)C(=O)CN(C)C(=O)n1ccnc1. The van der Waals surface area contributed by atoms with E-state index >= 15 is 0 Å². The molecule has 3 aromatic carbocycles. The number of carbonyl (C=O) groups is 4. The van der Waals surface area contributed by atoms with Gasteiger partial charge in [0, 0.05) is 32.2 Å². The topological polar surface area (TPSA) is 126 Å². The number of imidazole rings is 1. The molecule has 222 valence electrons. The smallest absolute Gasteiger partial charge is 0.329 e. The van der Waals surface area contributed by atoms with Crippen molar-refractivity contribution in [2.45, 2.75) is 0 Å². The van der Waals surface area contributed by atoms with Crippen LogP contribution in [0, 0.1) is 0 Å². The first-order chi connectivity index (χ1) is 20.8. The Labute approximate surface area is 249 Å². The van der Waals surface area contributed by atoms with E-state index in [-0.39, 0.29) is 37.0 Å². The van der Waals surface area contributed by atoms with Gasteiger partial charge < -0.3 is 24.6 Å². The van der Waals surface area contributed by atoms with E-state index < -0.39 is 17.8 Å². The van der Waals surface area contributed by atoms with Crippen molar-refractivity contribution in [3.8, 4) is 11.5 Å². The lowest BCUT2D eigenvalue weighted by molar-refractivity contribution is -0.122. The van der Waals surface area contributed by atoms with Gasteiger partial charge in [0.15, 0.2) is 6.61 Å². The van der Waals surface area contributed by atoms with Gasteiger partial charge in [-0.1, -0.05) is 42.5 Å². The van der Waals surface area contributed by atoms with Crippen molar-refractivity contribution in [3.63, 3.8) is 0 Å². The first kappa shape index (κ1) is 30.3. The van der Waals surface area contributed by atoms with Crippen molar-refractivity contribution in [3.05, 3.63) is 97.6 Å². The van der Waals surface area contributed by atoms with Crippen LogP contribution in [0.2, 0.25) is 0 Å². The largest absolute Gasteiger partial charge is 0.495 e. The lowest BCUT2D eigenvalue weighted by Gasteiger charge is -2.28. The summed E-state index contributed by atoms with van der Waals surface area (Å²) in [7, 11) is 4.58. The predicted molar refractivity (Wildman–Crippen MR) is 161 cm³/mol. The standard InChI is InChI=1S/C31H32N6O6/c1-34(31(41)36-18-17-32-22-36)19-30(40)37(20-29(39)35(2)23-11-5-4-6-12-23)25-14-8-10-16-27(25)43-21-28(38)33-24-13-7-9-15-26(24)42-3/h4-18,22H,19-21H2,1-3H3,(H,33,38). The number of aromatic nitrogens is 2. The van der Waals surface area contributed by atoms with Crippen molar-refractivity contribution in [2.24, 2.45) is 0 Å². The van der Waals surface area contributed by atoms with Gasteiger partial charge in [0.25, 0.3) is 5.91 Å². The number of amides is 4. The maximum atomic E-state index is 13.7. The summed E-state index contributed by atoms with van der Waals surface area (Å²) in [5, 5.41) is 2.74. The van der Waals surface area contributed by atoms with Gasteiger partial charge in [-0.05, 0) is 36.4 Å². The first-order valence-corrected chi connectivity index (χ1v) is 13.3. The van der Waals surface area contributed by atoms with Gasteiger partial charge in [-0.15, -0.1) is 0 Å². The Morgan fingerprint density at radius 1 is 0.837 bits per heavy atom. The van der Waals surface area contributed by atoms with E-state index in [1.807, 2.05) is 6.07 Å². The molecule has 12 nitrogen and oxygen atoms in total. The summed E-state index contributed by atoms with van der Waals surface area (Å²) < 4.78 is 12.4. The zero-order valence-electron chi connectivity index (χ0n) is 24.0. The van der Waals surface area contributed by atoms with Crippen molar-refractivity contribution < 1.29 is 28.7 Å². The molecule has 0 saturated carbocycles. The van der Waals surface area contributed by atoms with E-state index in [0.717, 1.165) is 0 Å². The minimum absolute atomic E-state index is 0.199. The molecule has 0 bridgehead atoms. The first-order valence-electron chi connectivity index (χ1n) is 13.3. The number of hydrogen-bond acceptors (Lipinski definition) is 7. The highest BCUT2D eigenvalue weighted by Gasteiger charge is 2.27. The molecular weight excluding hydrogens is 552 g/mol. The molecule has 0 spiro atoms. The summed E-state index contributed by atoms with van der Waals surface area (Å²) in [5.74, 6) is -0.692. The van der Waals surface area contributed by atoms with Gasteiger partial charge in [-0.25, -0.2) is 9.78 Å². The van der Waals surface area contributed by atoms with Crippen molar-refractivity contribution in [2.75, 3.05) is 56.0 Å². The third-order valence-corrected chi connectivity index (χ3v) is 6.43. The number of anilines is 3. The zero-order chi connectivity index (χ0) is 30.8. The van der Waals surface area contributed by atoms with E-state index in [4.69, 9.17) is 9.47 Å². The Balaban J connectivity index is 1.56. The van der Waals surface area contributed by atoms with E-state index in [1.165, 1.54) is 52.1 Å². The fourth-order valence-electron chi connectivity index (χ4n) is 4.15. The molecule has 0 radical (unpaired) electrons. The van der Waals surface area contributed by atoms with Crippen LogP contribution < -0.4 is 24.6 Å². The number of carbonyl (C=O) groups excluding carboxylic acids is 4. The molecule has 0 unspecified atom stereocenters. The average molecular weight is 585 g/mol. The van der Waals surface area contributed by atoms with Crippen molar-refractivity contribution in [1.82, 2.24) is 14.5 Å².